The molecule has 0 aliphatic carbocycles. The van der Waals surface area contributed by atoms with Crippen LogP contribution in [0.15, 0.2) is 18.2 Å². The van der Waals surface area contributed by atoms with Crippen LogP contribution in [0.2, 0.25) is 0 Å². The van der Waals surface area contributed by atoms with Gasteiger partial charge in [0.1, 0.15) is 0 Å². The van der Waals surface area contributed by atoms with Gasteiger partial charge in [-0.2, -0.15) is 5.10 Å². The van der Waals surface area contributed by atoms with Crippen molar-refractivity contribution in [2.24, 2.45) is 7.05 Å². The molecule has 4 heteroatoms. The Kier molecular flexibility index (Phi) is 3.19. The lowest BCUT2D eigenvalue weighted by molar-refractivity contribution is 0.255. The normalized spacial score (nSPS) is 18.1. The Balaban J connectivity index is 1.95. The quantitative estimate of drug-likeness (QED) is 0.898. The summed E-state index contributed by atoms with van der Waals surface area (Å²) in [5.41, 5.74) is 2.69. The van der Waals surface area contributed by atoms with E-state index in [1.807, 2.05) is 18.8 Å². The largest absolute Gasteiger partial charge is 0.371 e. The van der Waals surface area contributed by atoms with Gasteiger partial charge in [0.25, 0.3) is 0 Å². The molecular weight excluding hydrogens is 236 g/mol. The molecule has 1 aromatic heterocycles. The van der Waals surface area contributed by atoms with E-state index in [2.05, 4.69) is 40.6 Å². The molecule has 1 aliphatic rings. The summed E-state index contributed by atoms with van der Waals surface area (Å²) in [6, 6.07) is 6.81. The zero-order valence-corrected chi connectivity index (χ0v) is 12.0. The highest BCUT2D eigenvalue weighted by atomic mass is 15.3. The van der Waals surface area contributed by atoms with Crippen LogP contribution in [0.4, 0.5) is 5.82 Å². The number of benzene rings is 1. The van der Waals surface area contributed by atoms with E-state index in [-0.39, 0.29) is 0 Å². The number of aromatic nitrogens is 2. The molecule has 0 radical (unpaired) electrons. The fourth-order valence-electron chi connectivity index (χ4n) is 3.05. The van der Waals surface area contributed by atoms with Crippen molar-refractivity contribution in [1.82, 2.24) is 14.7 Å². The van der Waals surface area contributed by atoms with Crippen molar-refractivity contribution in [3.05, 3.63) is 23.8 Å². The highest BCUT2D eigenvalue weighted by Crippen LogP contribution is 2.31. The van der Waals surface area contributed by atoms with E-state index < -0.39 is 0 Å². The lowest BCUT2D eigenvalue weighted by Gasteiger charge is -2.29. The molecule has 1 fully saturated rings. The van der Waals surface area contributed by atoms with Gasteiger partial charge in [-0.25, -0.2) is 0 Å². The third-order valence-corrected chi connectivity index (χ3v) is 4.30. The van der Waals surface area contributed by atoms with Crippen LogP contribution in [-0.4, -0.2) is 41.9 Å². The van der Waals surface area contributed by atoms with Crippen LogP contribution in [0.1, 0.15) is 24.3 Å². The van der Waals surface area contributed by atoms with Gasteiger partial charge in [0.2, 0.25) is 0 Å². The first-order valence-electron chi connectivity index (χ1n) is 7.02. The SMILES string of the molecule is CNc1nn(C)c2cc(C3CCN(C)CC3)ccc12. The maximum Gasteiger partial charge on any atom is 0.155 e. The van der Waals surface area contributed by atoms with Crippen LogP contribution in [0.25, 0.3) is 10.9 Å². The highest BCUT2D eigenvalue weighted by molar-refractivity contribution is 5.90. The zero-order valence-electron chi connectivity index (χ0n) is 12.0. The number of hydrogen-bond acceptors (Lipinski definition) is 3. The number of rotatable bonds is 2. The van der Waals surface area contributed by atoms with Gasteiger partial charge in [0.05, 0.1) is 5.52 Å². The predicted molar refractivity (Wildman–Crippen MR) is 79.7 cm³/mol. The molecular formula is C15H22N4. The monoisotopic (exact) mass is 258 g/mol. The first kappa shape index (κ1) is 12.5. The molecule has 102 valence electrons. The zero-order chi connectivity index (χ0) is 13.4. The molecule has 2 heterocycles. The maximum absolute atomic E-state index is 4.50. The standard InChI is InChI=1S/C15H22N4/c1-16-15-13-5-4-12(10-14(13)19(3)17-15)11-6-8-18(2)9-7-11/h4-5,10-11H,6-9H2,1-3H3,(H,16,17). The van der Waals surface area contributed by atoms with E-state index in [1.165, 1.54) is 42.4 Å². The first-order valence-corrected chi connectivity index (χ1v) is 7.02. The van der Waals surface area contributed by atoms with Gasteiger partial charge in [-0.3, -0.25) is 4.68 Å². The molecule has 0 spiro atoms. The van der Waals surface area contributed by atoms with Crippen molar-refractivity contribution in [3.63, 3.8) is 0 Å². The molecule has 0 saturated carbocycles. The minimum Gasteiger partial charge on any atom is -0.371 e. The molecule has 1 N–H and O–H groups in total. The van der Waals surface area contributed by atoms with Gasteiger partial charge in [-0.05, 0) is 56.6 Å². The van der Waals surface area contributed by atoms with Crippen molar-refractivity contribution in [1.29, 1.82) is 0 Å². The van der Waals surface area contributed by atoms with Crippen molar-refractivity contribution >= 4 is 16.7 Å². The molecule has 4 nitrogen and oxygen atoms in total. The lowest BCUT2D eigenvalue weighted by atomic mass is 9.89. The van der Waals surface area contributed by atoms with Gasteiger partial charge in [0, 0.05) is 19.5 Å². The number of nitrogens with zero attached hydrogens (tertiary/aromatic N) is 3. The molecule has 2 aromatic rings. The molecule has 3 rings (SSSR count). The number of piperidine rings is 1. The van der Waals surface area contributed by atoms with Crippen LogP contribution in [0, 0.1) is 0 Å². The molecule has 1 aromatic carbocycles. The summed E-state index contributed by atoms with van der Waals surface area (Å²) in [7, 11) is 6.15. The molecule has 19 heavy (non-hydrogen) atoms. The first-order chi connectivity index (χ1) is 9.19. The van der Waals surface area contributed by atoms with Crippen molar-refractivity contribution in [2.45, 2.75) is 18.8 Å². The van der Waals surface area contributed by atoms with Crippen LogP contribution < -0.4 is 5.32 Å². The van der Waals surface area contributed by atoms with Crippen LogP contribution in [0.5, 0.6) is 0 Å². The van der Waals surface area contributed by atoms with Gasteiger partial charge in [-0.15, -0.1) is 0 Å². The van der Waals surface area contributed by atoms with Crippen molar-refractivity contribution in [2.75, 3.05) is 32.5 Å². The molecule has 0 bridgehead atoms. The maximum atomic E-state index is 4.50. The van der Waals surface area contributed by atoms with Crippen molar-refractivity contribution in [3.8, 4) is 0 Å². The average Bonchev–Trinajstić information content (AvgIpc) is 2.76. The van der Waals surface area contributed by atoms with E-state index in [0.29, 0.717) is 5.92 Å². The predicted octanol–water partition coefficient (Wildman–Crippen LogP) is 2.42. The second-order valence-corrected chi connectivity index (χ2v) is 5.58. The Morgan fingerprint density at radius 1 is 1.21 bits per heavy atom. The topological polar surface area (TPSA) is 33.1 Å². The van der Waals surface area contributed by atoms with Crippen LogP contribution >= 0.6 is 0 Å². The number of aryl methyl sites for hydroxylation is 1. The summed E-state index contributed by atoms with van der Waals surface area (Å²) in [5, 5.41) is 8.87. The number of hydrogen-bond donors (Lipinski definition) is 1. The Labute approximate surface area is 114 Å². The molecule has 0 atom stereocenters. The van der Waals surface area contributed by atoms with Gasteiger partial charge in [-0.1, -0.05) is 6.07 Å². The number of fused-ring (bicyclic) bond motifs is 1. The molecule has 0 amide bonds. The Morgan fingerprint density at radius 2 is 1.95 bits per heavy atom. The smallest absolute Gasteiger partial charge is 0.155 e. The van der Waals surface area contributed by atoms with E-state index >= 15 is 0 Å². The summed E-state index contributed by atoms with van der Waals surface area (Å²) >= 11 is 0. The summed E-state index contributed by atoms with van der Waals surface area (Å²) < 4.78 is 1.97. The van der Waals surface area contributed by atoms with E-state index in [0.717, 1.165) is 5.82 Å². The number of nitrogens with one attached hydrogen (secondary N) is 1. The summed E-state index contributed by atoms with van der Waals surface area (Å²) in [5.74, 6) is 1.67. The van der Waals surface area contributed by atoms with E-state index in [1.54, 1.807) is 0 Å². The Bertz CT molecular complexity index is 579. The van der Waals surface area contributed by atoms with Gasteiger partial charge in [0.15, 0.2) is 5.82 Å². The van der Waals surface area contributed by atoms with Gasteiger partial charge >= 0.3 is 0 Å². The Morgan fingerprint density at radius 3 is 2.63 bits per heavy atom. The van der Waals surface area contributed by atoms with Crippen molar-refractivity contribution < 1.29 is 0 Å². The highest BCUT2D eigenvalue weighted by Gasteiger charge is 2.19. The van der Waals surface area contributed by atoms with Crippen LogP contribution in [0.3, 0.4) is 0 Å². The fraction of sp³-hybridized carbons (Fsp3) is 0.533. The second-order valence-electron chi connectivity index (χ2n) is 5.58. The average molecular weight is 258 g/mol. The Hall–Kier alpha value is -1.55. The minimum atomic E-state index is 0.702. The summed E-state index contributed by atoms with van der Waals surface area (Å²) in [6.45, 7) is 2.41. The summed E-state index contributed by atoms with van der Waals surface area (Å²) in [4.78, 5) is 2.41. The van der Waals surface area contributed by atoms with Crippen LogP contribution in [-0.2, 0) is 7.05 Å². The second kappa shape index (κ2) is 4.85. The molecule has 1 aliphatic heterocycles. The van der Waals surface area contributed by atoms with Gasteiger partial charge < -0.3 is 10.2 Å². The fourth-order valence-corrected chi connectivity index (χ4v) is 3.05. The molecule has 1 saturated heterocycles. The lowest BCUT2D eigenvalue weighted by Crippen LogP contribution is -2.29. The van der Waals surface area contributed by atoms with E-state index in [9.17, 15) is 0 Å². The minimum absolute atomic E-state index is 0.702. The van der Waals surface area contributed by atoms with E-state index in [4.69, 9.17) is 0 Å². The summed E-state index contributed by atoms with van der Waals surface area (Å²) in [6.07, 6.45) is 2.53. The third kappa shape index (κ3) is 2.21. The molecule has 0 unspecified atom stereocenters. The number of anilines is 1. The third-order valence-electron chi connectivity index (χ3n) is 4.30. The number of likely N-dealkylation sites (tertiary alicyclic amines) is 1.